The third kappa shape index (κ3) is 3.81. The van der Waals surface area contributed by atoms with Crippen LogP contribution in [0.5, 0.6) is 0 Å². The zero-order chi connectivity index (χ0) is 22.7. The lowest BCUT2D eigenvalue weighted by Crippen LogP contribution is -2.34. The SMILES string of the molecule is CCCC1=C(C2C=CC=C2)C(C2C=CC=C2)C(C(C)(CC)C(CC)CC)=C1C1C=CC=C1. The highest BCUT2D eigenvalue weighted by Gasteiger charge is 2.48. The molecule has 4 aliphatic rings. The summed E-state index contributed by atoms with van der Waals surface area (Å²) in [5.41, 5.74) is 7.03. The van der Waals surface area contributed by atoms with Gasteiger partial charge in [0.1, 0.15) is 0 Å². The molecule has 2 atom stereocenters. The normalized spacial score (nSPS) is 25.1. The minimum Gasteiger partial charge on any atom is -0.0767 e. The third-order valence-electron chi connectivity index (χ3n) is 8.70. The van der Waals surface area contributed by atoms with Gasteiger partial charge in [0, 0.05) is 23.7 Å². The van der Waals surface area contributed by atoms with Gasteiger partial charge in [-0.3, -0.25) is 0 Å². The predicted octanol–water partition coefficient (Wildman–Crippen LogP) is 9.09. The molecule has 4 rings (SSSR count). The zero-order valence-corrected chi connectivity index (χ0v) is 20.9. The number of allylic oxidation sites excluding steroid dienone is 16. The van der Waals surface area contributed by atoms with Gasteiger partial charge in [0.05, 0.1) is 0 Å². The third-order valence-corrected chi connectivity index (χ3v) is 8.70. The van der Waals surface area contributed by atoms with Crippen LogP contribution in [0.1, 0.15) is 66.7 Å². The molecule has 170 valence electrons. The van der Waals surface area contributed by atoms with Gasteiger partial charge in [-0.15, -0.1) is 0 Å². The van der Waals surface area contributed by atoms with Crippen molar-refractivity contribution in [1.82, 2.24) is 0 Å². The summed E-state index contributed by atoms with van der Waals surface area (Å²) in [5.74, 6) is 2.53. The lowest BCUT2D eigenvalue weighted by atomic mass is 9.60. The summed E-state index contributed by atoms with van der Waals surface area (Å²) in [6.07, 6.45) is 34.3. The van der Waals surface area contributed by atoms with Gasteiger partial charge in [0.15, 0.2) is 0 Å². The smallest absolute Gasteiger partial charge is 0.0207 e. The first kappa shape index (κ1) is 23.1. The summed E-state index contributed by atoms with van der Waals surface area (Å²) < 4.78 is 0. The van der Waals surface area contributed by atoms with Crippen LogP contribution in [0.4, 0.5) is 0 Å². The number of hydrogen-bond donors (Lipinski definition) is 0. The van der Waals surface area contributed by atoms with E-state index in [1.54, 1.807) is 22.3 Å². The van der Waals surface area contributed by atoms with Crippen LogP contribution in [0, 0.1) is 35.0 Å². The Morgan fingerprint density at radius 3 is 1.78 bits per heavy atom. The highest BCUT2D eigenvalue weighted by molar-refractivity contribution is 5.60. The molecule has 0 aliphatic heterocycles. The minimum atomic E-state index is 0.213. The van der Waals surface area contributed by atoms with E-state index in [4.69, 9.17) is 0 Å². The fourth-order valence-electron chi connectivity index (χ4n) is 7.03. The van der Waals surface area contributed by atoms with Gasteiger partial charge in [0.2, 0.25) is 0 Å². The van der Waals surface area contributed by atoms with Crippen molar-refractivity contribution in [3.05, 3.63) is 95.2 Å². The van der Waals surface area contributed by atoms with Crippen LogP contribution in [0.2, 0.25) is 0 Å². The average molecular weight is 427 g/mol. The molecule has 0 saturated heterocycles. The summed E-state index contributed by atoms with van der Waals surface area (Å²) in [7, 11) is 0. The van der Waals surface area contributed by atoms with E-state index in [0.717, 1.165) is 0 Å². The summed E-state index contributed by atoms with van der Waals surface area (Å²) in [6, 6.07) is 0. The van der Waals surface area contributed by atoms with Gasteiger partial charge in [-0.05, 0) is 40.9 Å². The molecule has 0 N–H and O–H groups in total. The maximum Gasteiger partial charge on any atom is 0.0207 e. The van der Waals surface area contributed by atoms with Gasteiger partial charge < -0.3 is 0 Å². The molecule has 32 heavy (non-hydrogen) atoms. The molecule has 0 spiro atoms. The number of hydrogen-bond acceptors (Lipinski definition) is 0. The molecule has 0 heteroatoms. The molecule has 4 aliphatic carbocycles. The Morgan fingerprint density at radius 2 is 1.28 bits per heavy atom. The lowest BCUT2D eigenvalue weighted by molar-refractivity contribution is 0.193. The van der Waals surface area contributed by atoms with Crippen LogP contribution < -0.4 is 0 Å². The molecule has 0 fully saturated rings. The van der Waals surface area contributed by atoms with E-state index in [1.165, 1.54) is 32.1 Å². The minimum absolute atomic E-state index is 0.213. The molecule has 0 aromatic carbocycles. The van der Waals surface area contributed by atoms with Gasteiger partial charge in [-0.2, -0.15) is 0 Å². The topological polar surface area (TPSA) is 0 Å². The van der Waals surface area contributed by atoms with Crippen molar-refractivity contribution < 1.29 is 0 Å². The molecule has 0 nitrogen and oxygen atoms in total. The molecule has 0 saturated carbocycles. The zero-order valence-electron chi connectivity index (χ0n) is 20.9. The highest BCUT2D eigenvalue weighted by atomic mass is 14.5. The summed E-state index contributed by atoms with van der Waals surface area (Å²) in [5, 5.41) is 0. The second-order valence-corrected chi connectivity index (χ2v) is 10.2. The lowest BCUT2D eigenvalue weighted by Gasteiger charge is -2.44. The predicted molar refractivity (Wildman–Crippen MR) is 140 cm³/mol. The van der Waals surface area contributed by atoms with Crippen molar-refractivity contribution >= 4 is 0 Å². The maximum atomic E-state index is 2.60. The molecule has 0 amide bonds. The van der Waals surface area contributed by atoms with E-state index in [0.29, 0.717) is 29.6 Å². The van der Waals surface area contributed by atoms with E-state index in [2.05, 4.69) is 108 Å². The van der Waals surface area contributed by atoms with Crippen LogP contribution in [-0.4, -0.2) is 0 Å². The Morgan fingerprint density at radius 1 is 0.750 bits per heavy atom. The first-order valence-electron chi connectivity index (χ1n) is 13.1. The highest BCUT2D eigenvalue weighted by Crippen LogP contribution is 2.59. The Hall–Kier alpha value is -2.08. The monoisotopic (exact) mass is 426 g/mol. The van der Waals surface area contributed by atoms with E-state index in [9.17, 15) is 0 Å². The Bertz CT molecular complexity index is 901. The van der Waals surface area contributed by atoms with Crippen molar-refractivity contribution in [3.8, 4) is 0 Å². The fourth-order valence-corrected chi connectivity index (χ4v) is 7.03. The quantitative estimate of drug-likeness (QED) is 0.327. The van der Waals surface area contributed by atoms with Crippen molar-refractivity contribution in [3.63, 3.8) is 0 Å². The second-order valence-electron chi connectivity index (χ2n) is 10.2. The summed E-state index contributed by atoms with van der Waals surface area (Å²) in [4.78, 5) is 0. The molecule has 0 heterocycles. The van der Waals surface area contributed by atoms with Crippen LogP contribution in [0.15, 0.2) is 95.2 Å². The molecular weight excluding hydrogens is 384 g/mol. The average Bonchev–Trinajstić information content (AvgIpc) is 3.60. The Kier molecular flexibility index (Phi) is 7.08. The molecular formula is C32H42. The maximum absolute atomic E-state index is 2.60. The fraction of sp³-hybridized carbons (Fsp3) is 0.500. The molecule has 0 radical (unpaired) electrons. The van der Waals surface area contributed by atoms with Gasteiger partial charge in [-0.1, -0.05) is 132 Å². The van der Waals surface area contributed by atoms with Crippen molar-refractivity contribution in [1.29, 1.82) is 0 Å². The van der Waals surface area contributed by atoms with Gasteiger partial charge in [0.25, 0.3) is 0 Å². The van der Waals surface area contributed by atoms with E-state index < -0.39 is 0 Å². The van der Waals surface area contributed by atoms with Gasteiger partial charge >= 0.3 is 0 Å². The van der Waals surface area contributed by atoms with Crippen molar-refractivity contribution in [2.45, 2.75) is 66.7 Å². The van der Waals surface area contributed by atoms with Crippen molar-refractivity contribution in [2.75, 3.05) is 0 Å². The van der Waals surface area contributed by atoms with Crippen LogP contribution in [0.25, 0.3) is 0 Å². The number of rotatable bonds is 10. The Balaban J connectivity index is 2.01. The summed E-state index contributed by atoms with van der Waals surface area (Å²) in [6.45, 7) is 12.2. The largest absolute Gasteiger partial charge is 0.0767 e. The van der Waals surface area contributed by atoms with Crippen LogP contribution >= 0.6 is 0 Å². The Labute approximate surface area is 197 Å². The molecule has 0 aromatic rings. The first-order valence-corrected chi connectivity index (χ1v) is 13.1. The molecule has 0 aromatic heterocycles. The van der Waals surface area contributed by atoms with Crippen molar-refractivity contribution in [2.24, 2.45) is 35.0 Å². The van der Waals surface area contributed by atoms with Crippen LogP contribution in [0.3, 0.4) is 0 Å². The molecule has 0 bridgehead atoms. The first-order chi connectivity index (χ1) is 15.6. The second kappa shape index (κ2) is 9.82. The standard InChI is InChI=1S/C32H42/c1-6-16-27-28(23-17-10-11-18-23)30(25-21-14-15-22-25)31(29(27)24-19-12-13-20-24)32(5,9-4)26(7-2)8-3/h10-15,17-26,30H,6-9,16H2,1-5H3. The van der Waals surface area contributed by atoms with E-state index in [1.807, 2.05) is 0 Å². The van der Waals surface area contributed by atoms with E-state index in [-0.39, 0.29) is 5.41 Å². The van der Waals surface area contributed by atoms with Crippen LogP contribution in [-0.2, 0) is 0 Å². The summed E-state index contributed by atoms with van der Waals surface area (Å²) >= 11 is 0. The van der Waals surface area contributed by atoms with Gasteiger partial charge in [-0.25, -0.2) is 0 Å². The van der Waals surface area contributed by atoms with E-state index >= 15 is 0 Å². The molecule has 2 unspecified atom stereocenters.